The molecule has 1 saturated carbocycles. The highest BCUT2D eigenvalue weighted by atomic mass is 16.6. The number of amides is 2. The van der Waals surface area contributed by atoms with Gasteiger partial charge in [0.1, 0.15) is 11.6 Å². The van der Waals surface area contributed by atoms with Crippen LogP contribution < -0.4 is 5.32 Å². The molecule has 2 aliphatic rings. The summed E-state index contributed by atoms with van der Waals surface area (Å²) in [6.07, 6.45) is 5.72. The van der Waals surface area contributed by atoms with Crippen LogP contribution in [-0.4, -0.2) is 41.1 Å². The average molecular weight is 335 g/mol. The van der Waals surface area contributed by atoms with Crippen LogP contribution >= 0.6 is 0 Å². The van der Waals surface area contributed by atoms with Gasteiger partial charge in [0.05, 0.1) is 6.07 Å². The molecule has 6 heteroatoms. The zero-order chi connectivity index (χ0) is 17.7. The minimum atomic E-state index is -0.560. The normalized spacial score (nSPS) is 22.9. The number of rotatable bonds is 4. The highest BCUT2D eigenvalue weighted by molar-refractivity contribution is 5.79. The van der Waals surface area contributed by atoms with Gasteiger partial charge < -0.3 is 15.0 Å². The minimum absolute atomic E-state index is 0.0352. The SMILES string of the molecule is CC(C)(C)OC(=O)NC(CC(=O)N1CCC[C@H]1C#N)C1CCCC1. The second kappa shape index (κ2) is 7.87. The molecule has 1 N–H and O–H groups in total. The Hall–Kier alpha value is -1.77. The van der Waals surface area contributed by atoms with Crippen molar-refractivity contribution in [2.24, 2.45) is 5.92 Å². The largest absolute Gasteiger partial charge is 0.444 e. The molecular weight excluding hydrogens is 306 g/mol. The number of likely N-dealkylation sites (tertiary alicyclic amines) is 1. The highest BCUT2D eigenvalue weighted by Crippen LogP contribution is 2.30. The Balaban J connectivity index is 1.99. The van der Waals surface area contributed by atoms with Crippen LogP contribution in [0, 0.1) is 17.2 Å². The molecule has 2 fully saturated rings. The van der Waals surface area contributed by atoms with Crippen molar-refractivity contribution < 1.29 is 14.3 Å². The first-order valence-electron chi connectivity index (χ1n) is 8.99. The third kappa shape index (κ3) is 5.12. The number of hydrogen-bond donors (Lipinski definition) is 1. The van der Waals surface area contributed by atoms with Crippen LogP contribution in [0.5, 0.6) is 0 Å². The summed E-state index contributed by atoms with van der Waals surface area (Å²) in [6, 6.07) is 1.67. The fraction of sp³-hybridized carbons (Fsp3) is 0.833. The Morgan fingerprint density at radius 3 is 2.50 bits per heavy atom. The Kier molecular flexibility index (Phi) is 6.09. The van der Waals surface area contributed by atoms with Crippen molar-refractivity contribution >= 4 is 12.0 Å². The Labute approximate surface area is 144 Å². The molecule has 1 heterocycles. The third-order valence-corrected chi connectivity index (χ3v) is 4.79. The van der Waals surface area contributed by atoms with Crippen molar-refractivity contribution in [1.29, 1.82) is 5.26 Å². The van der Waals surface area contributed by atoms with E-state index >= 15 is 0 Å². The molecule has 0 aromatic rings. The van der Waals surface area contributed by atoms with E-state index in [1.807, 2.05) is 20.8 Å². The first kappa shape index (κ1) is 18.6. The summed E-state index contributed by atoms with van der Waals surface area (Å²) in [7, 11) is 0. The molecule has 1 saturated heterocycles. The number of nitrogens with one attached hydrogen (secondary N) is 1. The van der Waals surface area contributed by atoms with E-state index in [1.165, 1.54) is 0 Å². The maximum Gasteiger partial charge on any atom is 0.407 e. The zero-order valence-electron chi connectivity index (χ0n) is 15.0. The van der Waals surface area contributed by atoms with Gasteiger partial charge in [0.25, 0.3) is 0 Å². The summed E-state index contributed by atoms with van der Waals surface area (Å²) in [5.41, 5.74) is -0.560. The smallest absolute Gasteiger partial charge is 0.407 e. The minimum Gasteiger partial charge on any atom is -0.444 e. The average Bonchev–Trinajstić information content (AvgIpc) is 3.15. The lowest BCUT2D eigenvalue weighted by Crippen LogP contribution is -2.46. The van der Waals surface area contributed by atoms with Crippen molar-refractivity contribution in [3.8, 4) is 6.07 Å². The van der Waals surface area contributed by atoms with E-state index in [-0.39, 0.29) is 24.4 Å². The van der Waals surface area contributed by atoms with E-state index in [2.05, 4.69) is 11.4 Å². The van der Waals surface area contributed by atoms with Gasteiger partial charge in [-0.1, -0.05) is 12.8 Å². The Morgan fingerprint density at radius 1 is 1.25 bits per heavy atom. The second-order valence-electron chi connectivity index (χ2n) is 7.88. The van der Waals surface area contributed by atoms with Gasteiger partial charge in [-0.2, -0.15) is 5.26 Å². The van der Waals surface area contributed by atoms with Crippen molar-refractivity contribution in [2.45, 2.75) is 83.4 Å². The number of carbonyl (C=O) groups excluding carboxylic acids is 2. The first-order chi connectivity index (χ1) is 11.3. The lowest BCUT2D eigenvalue weighted by Gasteiger charge is -2.29. The molecule has 0 bridgehead atoms. The second-order valence-corrected chi connectivity index (χ2v) is 7.88. The predicted octanol–water partition coefficient (Wildman–Crippen LogP) is 2.97. The van der Waals surface area contributed by atoms with Gasteiger partial charge in [0, 0.05) is 19.0 Å². The Bertz CT molecular complexity index is 501. The standard InChI is InChI=1S/C18H29N3O3/c1-18(2,3)24-17(23)20-15(13-7-4-5-8-13)11-16(22)21-10-6-9-14(21)12-19/h13-15H,4-11H2,1-3H3,(H,20,23)/t14-,15?/m0/s1. The summed E-state index contributed by atoms with van der Waals surface area (Å²) < 4.78 is 5.35. The number of nitrogens with zero attached hydrogens (tertiary/aromatic N) is 2. The molecule has 2 amide bonds. The molecule has 0 aromatic heterocycles. The van der Waals surface area contributed by atoms with Gasteiger partial charge in [-0.05, 0) is 52.4 Å². The quantitative estimate of drug-likeness (QED) is 0.856. The lowest BCUT2D eigenvalue weighted by atomic mass is 9.95. The molecule has 0 aromatic carbocycles. The van der Waals surface area contributed by atoms with Gasteiger partial charge >= 0.3 is 6.09 Å². The van der Waals surface area contributed by atoms with Crippen molar-refractivity contribution in [1.82, 2.24) is 10.2 Å². The van der Waals surface area contributed by atoms with Crippen LogP contribution in [0.25, 0.3) is 0 Å². The highest BCUT2D eigenvalue weighted by Gasteiger charge is 2.34. The fourth-order valence-corrected chi connectivity index (χ4v) is 3.66. The predicted molar refractivity (Wildman–Crippen MR) is 90.1 cm³/mol. The molecule has 1 aliphatic heterocycles. The molecule has 1 unspecified atom stereocenters. The number of ether oxygens (including phenoxy) is 1. The molecule has 0 radical (unpaired) electrons. The first-order valence-corrected chi connectivity index (χ1v) is 8.99. The van der Waals surface area contributed by atoms with Gasteiger partial charge in [0.2, 0.25) is 5.91 Å². The molecule has 2 atom stereocenters. The van der Waals surface area contributed by atoms with E-state index < -0.39 is 11.7 Å². The number of carbonyl (C=O) groups is 2. The van der Waals surface area contributed by atoms with E-state index in [4.69, 9.17) is 4.74 Å². The monoisotopic (exact) mass is 335 g/mol. The molecule has 6 nitrogen and oxygen atoms in total. The van der Waals surface area contributed by atoms with E-state index in [1.54, 1.807) is 4.90 Å². The molecule has 1 aliphatic carbocycles. The van der Waals surface area contributed by atoms with E-state index in [9.17, 15) is 14.9 Å². The molecule has 134 valence electrons. The van der Waals surface area contributed by atoms with E-state index in [0.29, 0.717) is 12.5 Å². The molecule has 2 rings (SSSR count). The number of nitriles is 1. The van der Waals surface area contributed by atoms with Crippen LogP contribution in [0.2, 0.25) is 0 Å². The van der Waals surface area contributed by atoms with Crippen LogP contribution in [-0.2, 0) is 9.53 Å². The van der Waals surface area contributed by atoms with Crippen LogP contribution in [0.4, 0.5) is 4.79 Å². The number of hydrogen-bond acceptors (Lipinski definition) is 4. The van der Waals surface area contributed by atoms with Gasteiger partial charge in [-0.15, -0.1) is 0 Å². The van der Waals surface area contributed by atoms with Crippen LogP contribution in [0.3, 0.4) is 0 Å². The third-order valence-electron chi connectivity index (χ3n) is 4.79. The molecule has 0 spiro atoms. The number of alkyl carbamates (subject to hydrolysis) is 1. The van der Waals surface area contributed by atoms with E-state index in [0.717, 1.165) is 38.5 Å². The maximum absolute atomic E-state index is 12.6. The maximum atomic E-state index is 12.6. The van der Waals surface area contributed by atoms with Gasteiger partial charge in [-0.25, -0.2) is 4.79 Å². The lowest BCUT2D eigenvalue weighted by molar-refractivity contribution is -0.131. The van der Waals surface area contributed by atoms with Crippen molar-refractivity contribution in [3.05, 3.63) is 0 Å². The summed E-state index contributed by atoms with van der Waals surface area (Å²) >= 11 is 0. The summed E-state index contributed by atoms with van der Waals surface area (Å²) in [6.45, 7) is 6.11. The van der Waals surface area contributed by atoms with Crippen LogP contribution in [0.15, 0.2) is 0 Å². The Morgan fingerprint density at radius 2 is 1.92 bits per heavy atom. The molecular formula is C18H29N3O3. The van der Waals surface area contributed by atoms with Crippen LogP contribution in [0.1, 0.15) is 65.7 Å². The van der Waals surface area contributed by atoms with Crippen molar-refractivity contribution in [2.75, 3.05) is 6.54 Å². The van der Waals surface area contributed by atoms with Gasteiger partial charge in [0.15, 0.2) is 0 Å². The molecule has 24 heavy (non-hydrogen) atoms. The summed E-state index contributed by atoms with van der Waals surface area (Å²) in [5, 5.41) is 12.1. The summed E-state index contributed by atoms with van der Waals surface area (Å²) in [5.74, 6) is 0.275. The zero-order valence-corrected chi connectivity index (χ0v) is 15.0. The van der Waals surface area contributed by atoms with Gasteiger partial charge in [-0.3, -0.25) is 4.79 Å². The fourth-order valence-electron chi connectivity index (χ4n) is 3.66. The topological polar surface area (TPSA) is 82.4 Å². The van der Waals surface area contributed by atoms with Crippen molar-refractivity contribution in [3.63, 3.8) is 0 Å². The summed E-state index contributed by atoms with van der Waals surface area (Å²) in [4.78, 5) is 26.4.